The summed E-state index contributed by atoms with van der Waals surface area (Å²) in [6.45, 7) is 6.86. The monoisotopic (exact) mass is 321 g/mol. The van der Waals surface area contributed by atoms with Crippen molar-refractivity contribution in [2.24, 2.45) is 11.8 Å². The van der Waals surface area contributed by atoms with E-state index in [-0.39, 0.29) is 18.4 Å². The van der Waals surface area contributed by atoms with E-state index in [2.05, 4.69) is 10.1 Å². The first-order valence-electron chi connectivity index (χ1n) is 8.77. The van der Waals surface area contributed by atoms with Gasteiger partial charge in [-0.3, -0.25) is 4.79 Å². The average molecular weight is 321 g/mol. The van der Waals surface area contributed by atoms with Crippen LogP contribution in [0.25, 0.3) is 0 Å². The highest BCUT2D eigenvalue weighted by molar-refractivity contribution is 5.95. The fourth-order valence-electron chi connectivity index (χ4n) is 3.94. The van der Waals surface area contributed by atoms with Crippen molar-refractivity contribution in [1.29, 1.82) is 0 Å². The normalized spacial score (nSPS) is 25.9. The van der Waals surface area contributed by atoms with Gasteiger partial charge in [-0.25, -0.2) is 0 Å². The molecule has 3 rings (SSSR count). The largest absolute Gasteiger partial charge is 0.396 e. The third-order valence-electron chi connectivity index (χ3n) is 5.08. The fraction of sp³-hybridized carbons (Fsp3) is 0.765. The summed E-state index contributed by atoms with van der Waals surface area (Å²) in [7, 11) is 0. The Labute approximate surface area is 137 Å². The highest BCUT2D eigenvalue weighted by atomic mass is 16.5. The zero-order valence-corrected chi connectivity index (χ0v) is 13.9. The van der Waals surface area contributed by atoms with E-state index in [0.717, 1.165) is 19.5 Å². The lowest BCUT2D eigenvalue weighted by Gasteiger charge is -2.38. The van der Waals surface area contributed by atoms with Gasteiger partial charge in [-0.15, -0.1) is 0 Å². The van der Waals surface area contributed by atoms with Crippen molar-refractivity contribution in [2.45, 2.75) is 32.6 Å². The number of carbonyl (C=O) groups is 1. The fourth-order valence-corrected chi connectivity index (χ4v) is 3.94. The summed E-state index contributed by atoms with van der Waals surface area (Å²) in [5.41, 5.74) is 0.575. The number of carbonyl (C=O) groups excluding carboxylic acids is 1. The molecule has 1 aromatic rings. The minimum atomic E-state index is -0.00679. The lowest BCUT2D eigenvalue weighted by atomic mass is 9.89. The summed E-state index contributed by atoms with van der Waals surface area (Å²) >= 11 is 0. The van der Waals surface area contributed by atoms with Gasteiger partial charge in [0, 0.05) is 32.7 Å². The van der Waals surface area contributed by atoms with Crippen LogP contribution >= 0.6 is 0 Å². The van der Waals surface area contributed by atoms with Gasteiger partial charge in [0.2, 0.25) is 0 Å². The Morgan fingerprint density at radius 3 is 2.78 bits per heavy atom. The molecule has 0 bridgehead atoms. The van der Waals surface area contributed by atoms with Gasteiger partial charge in [0.25, 0.3) is 5.91 Å². The summed E-state index contributed by atoms with van der Waals surface area (Å²) in [5.74, 6) is 1.25. The molecule has 0 spiro atoms. The molecule has 1 aromatic heterocycles. The topological polar surface area (TPSA) is 69.8 Å². The van der Waals surface area contributed by atoms with Gasteiger partial charge in [0.05, 0.1) is 6.20 Å². The van der Waals surface area contributed by atoms with Crippen molar-refractivity contribution in [3.8, 4) is 0 Å². The lowest BCUT2D eigenvalue weighted by Crippen LogP contribution is -2.47. The van der Waals surface area contributed by atoms with Gasteiger partial charge in [-0.2, -0.15) is 0 Å². The molecule has 0 aromatic carbocycles. The Hall–Kier alpha value is -1.40. The molecule has 23 heavy (non-hydrogen) atoms. The summed E-state index contributed by atoms with van der Waals surface area (Å²) in [6, 6.07) is 0. The number of aliphatic hydroxyl groups is 1. The summed E-state index contributed by atoms with van der Waals surface area (Å²) in [5, 5.41) is 13.4. The first kappa shape index (κ1) is 16.5. The van der Waals surface area contributed by atoms with Crippen LogP contribution in [0, 0.1) is 11.8 Å². The van der Waals surface area contributed by atoms with Crippen LogP contribution in [0.5, 0.6) is 0 Å². The highest BCUT2D eigenvalue weighted by Crippen LogP contribution is 2.26. The van der Waals surface area contributed by atoms with E-state index in [4.69, 9.17) is 4.52 Å². The second kappa shape index (κ2) is 7.45. The smallest absolute Gasteiger partial charge is 0.259 e. The van der Waals surface area contributed by atoms with Crippen LogP contribution in [0.4, 0.5) is 0 Å². The quantitative estimate of drug-likeness (QED) is 0.888. The number of piperidine rings is 1. The SMILES string of the molecule is CCc1oncc1C(=O)N1C[C@@H](CN2CCCC2)C[C@H](CO)C1. The summed E-state index contributed by atoms with van der Waals surface area (Å²) in [6.07, 6.45) is 5.74. The minimum Gasteiger partial charge on any atom is -0.396 e. The molecule has 0 aliphatic carbocycles. The zero-order chi connectivity index (χ0) is 16.2. The van der Waals surface area contributed by atoms with E-state index >= 15 is 0 Å². The number of likely N-dealkylation sites (tertiary alicyclic amines) is 2. The Balaban J connectivity index is 1.68. The van der Waals surface area contributed by atoms with Crippen LogP contribution in [0.2, 0.25) is 0 Å². The van der Waals surface area contributed by atoms with Crippen molar-refractivity contribution >= 4 is 5.91 Å². The molecular formula is C17H27N3O3. The molecule has 1 amide bonds. The maximum absolute atomic E-state index is 12.8. The number of aliphatic hydroxyl groups excluding tert-OH is 1. The zero-order valence-electron chi connectivity index (χ0n) is 13.9. The van der Waals surface area contributed by atoms with Crippen LogP contribution in [0.3, 0.4) is 0 Å². The maximum Gasteiger partial charge on any atom is 0.259 e. The molecule has 2 aliphatic heterocycles. The minimum absolute atomic E-state index is 0.00679. The van der Waals surface area contributed by atoms with Crippen LogP contribution in [0.1, 0.15) is 42.3 Å². The van der Waals surface area contributed by atoms with Gasteiger partial charge in [-0.05, 0) is 44.2 Å². The van der Waals surface area contributed by atoms with E-state index in [1.54, 1.807) is 0 Å². The molecule has 6 heteroatoms. The molecule has 0 saturated carbocycles. The Morgan fingerprint density at radius 1 is 1.35 bits per heavy atom. The molecule has 0 radical (unpaired) electrons. The maximum atomic E-state index is 12.8. The van der Waals surface area contributed by atoms with Gasteiger partial charge >= 0.3 is 0 Å². The third-order valence-corrected chi connectivity index (χ3v) is 5.08. The van der Waals surface area contributed by atoms with E-state index in [9.17, 15) is 9.90 Å². The predicted molar refractivity (Wildman–Crippen MR) is 86.1 cm³/mol. The molecule has 128 valence electrons. The summed E-state index contributed by atoms with van der Waals surface area (Å²) in [4.78, 5) is 17.2. The van der Waals surface area contributed by atoms with E-state index in [1.807, 2.05) is 11.8 Å². The number of hydrogen-bond acceptors (Lipinski definition) is 5. The molecule has 0 unspecified atom stereocenters. The second-order valence-corrected chi connectivity index (χ2v) is 6.88. The van der Waals surface area contributed by atoms with Crippen molar-refractivity contribution in [3.05, 3.63) is 17.5 Å². The van der Waals surface area contributed by atoms with Gasteiger partial charge in [-0.1, -0.05) is 12.1 Å². The van der Waals surface area contributed by atoms with Crippen LogP contribution in [-0.4, -0.2) is 65.3 Å². The van der Waals surface area contributed by atoms with E-state index < -0.39 is 0 Å². The number of nitrogens with zero attached hydrogens (tertiary/aromatic N) is 3. The molecule has 2 atom stereocenters. The van der Waals surface area contributed by atoms with Crippen molar-refractivity contribution in [3.63, 3.8) is 0 Å². The van der Waals surface area contributed by atoms with Crippen LogP contribution in [-0.2, 0) is 6.42 Å². The highest BCUT2D eigenvalue weighted by Gasteiger charge is 2.32. The average Bonchev–Trinajstić information content (AvgIpc) is 3.24. The van der Waals surface area contributed by atoms with Crippen LogP contribution < -0.4 is 0 Å². The molecular weight excluding hydrogens is 294 g/mol. The molecule has 2 aliphatic rings. The van der Waals surface area contributed by atoms with Gasteiger partial charge in [0.1, 0.15) is 11.3 Å². The molecule has 3 heterocycles. The molecule has 2 fully saturated rings. The lowest BCUT2D eigenvalue weighted by molar-refractivity contribution is 0.0463. The third kappa shape index (κ3) is 3.75. The summed E-state index contributed by atoms with van der Waals surface area (Å²) < 4.78 is 5.16. The van der Waals surface area contributed by atoms with Gasteiger partial charge < -0.3 is 19.4 Å². The van der Waals surface area contributed by atoms with Gasteiger partial charge in [0.15, 0.2) is 0 Å². The predicted octanol–water partition coefficient (Wildman–Crippen LogP) is 1.40. The Kier molecular flexibility index (Phi) is 5.33. The van der Waals surface area contributed by atoms with Crippen molar-refractivity contribution in [1.82, 2.24) is 15.0 Å². The first-order valence-corrected chi connectivity index (χ1v) is 8.77. The van der Waals surface area contributed by atoms with Crippen molar-refractivity contribution < 1.29 is 14.4 Å². The van der Waals surface area contributed by atoms with Crippen molar-refractivity contribution in [2.75, 3.05) is 39.3 Å². The Bertz CT molecular complexity index is 525. The molecule has 1 N–H and O–H groups in total. The van der Waals surface area contributed by atoms with E-state index in [0.29, 0.717) is 30.2 Å². The number of hydrogen-bond donors (Lipinski definition) is 1. The second-order valence-electron chi connectivity index (χ2n) is 6.88. The Morgan fingerprint density at radius 2 is 2.09 bits per heavy atom. The number of amides is 1. The number of aryl methyl sites for hydroxylation is 1. The first-order chi connectivity index (χ1) is 11.2. The molecule has 6 nitrogen and oxygen atoms in total. The number of aromatic nitrogens is 1. The van der Waals surface area contributed by atoms with Crippen LogP contribution in [0.15, 0.2) is 10.7 Å². The standard InChI is InChI=1S/C17H27N3O3/c1-2-16-15(8-18-23-16)17(22)20-10-13(7-14(11-20)12-21)9-19-5-3-4-6-19/h8,13-14,21H,2-7,9-12H2,1H3/t13-,14+/m1/s1. The molecule has 2 saturated heterocycles. The number of rotatable bonds is 5. The van der Waals surface area contributed by atoms with E-state index in [1.165, 1.54) is 32.1 Å².